The van der Waals surface area contributed by atoms with Crippen molar-refractivity contribution in [2.24, 2.45) is 11.1 Å². The van der Waals surface area contributed by atoms with E-state index >= 15 is 0 Å². The summed E-state index contributed by atoms with van der Waals surface area (Å²) in [6.07, 6.45) is 0.205. The second-order valence-electron chi connectivity index (χ2n) is 5.09. The maximum atomic E-state index is 13.5. The molecule has 100 valence electrons. The fourth-order valence-corrected chi connectivity index (χ4v) is 1.49. The van der Waals surface area contributed by atoms with Crippen LogP contribution in [0.2, 0.25) is 0 Å². The van der Waals surface area contributed by atoms with Gasteiger partial charge in [-0.05, 0) is 24.1 Å². The third-order valence-electron chi connectivity index (χ3n) is 2.83. The number of carbonyl (C=O) groups is 1. The van der Waals surface area contributed by atoms with Gasteiger partial charge in [0.05, 0.1) is 5.69 Å². The molecule has 0 aliphatic carbocycles. The maximum absolute atomic E-state index is 13.5. The first-order valence-electron chi connectivity index (χ1n) is 5.68. The van der Waals surface area contributed by atoms with Crippen LogP contribution in [0.1, 0.15) is 20.3 Å². The zero-order valence-electron chi connectivity index (χ0n) is 10.8. The molecule has 1 amide bonds. The summed E-state index contributed by atoms with van der Waals surface area (Å²) in [6, 6.07) is 3.13. The van der Waals surface area contributed by atoms with Crippen LogP contribution >= 0.6 is 0 Å². The van der Waals surface area contributed by atoms with Crippen molar-refractivity contribution in [3.8, 4) is 0 Å². The Kier molecular flexibility index (Phi) is 4.40. The molecule has 0 atom stereocenters. The minimum atomic E-state index is -0.753. The van der Waals surface area contributed by atoms with E-state index in [4.69, 9.17) is 5.73 Å². The van der Waals surface area contributed by atoms with Crippen LogP contribution in [0.15, 0.2) is 18.2 Å². The molecule has 1 aromatic rings. The highest BCUT2D eigenvalue weighted by Gasteiger charge is 2.24. The quantitative estimate of drug-likeness (QED) is 0.898. The van der Waals surface area contributed by atoms with E-state index in [0.717, 1.165) is 12.1 Å². The summed E-state index contributed by atoms with van der Waals surface area (Å²) in [6.45, 7) is 4.08. The van der Waals surface area contributed by atoms with Crippen LogP contribution in [0.25, 0.3) is 0 Å². The fraction of sp³-hybridized carbons (Fsp3) is 0.462. The van der Waals surface area contributed by atoms with Gasteiger partial charge in [-0.2, -0.15) is 0 Å². The molecule has 0 saturated carbocycles. The van der Waals surface area contributed by atoms with Crippen molar-refractivity contribution in [3.05, 3.63) is 29.8 Å². The van der Waals surface area contributed by atoms with Gasteiger partial charge < -0.3 is 10.6 Å². The lowest BCUT2D eigenvalue weighted by Gasteiger charge is -2.25. The Hall–Kier alpha value is -1.49. The zero-order chi connectivity index (χ0) is 13.9. The third kappa shape index (κ3) is 3.50. The van der Waals surface area contributed by atoms with Gasteiger partial charge in [-0.15, -0.1) is 0 Å². The highest BCUT2D eigenvalue weighted by atomic mass is 19.1. The summed E-state index contributed by atoms with van der Waals surface area (Å²) in [4.78, 5) is 13.2. The third-order valence-corrected chi connectivity index (χ3v) is 2.83. The first kappa shape index (κ1) is 14.6. The SMILES string of the molecule is CN(C(=O)CC(C)(C)CN)c1ccc(F)cc1F. The predicted molar refractivity (Wildman–Crippen MR) is 67.2 cm³/mol. The van der Waals surface area contributed by atoms with Crippen LogP contribution < -0.4 is 10.6 Å². The van der Waals surface area contributed by atoms with Gasteiger partial charge in [0, 0.05) is 19.5 Å². The number of halogens is 2. The molecule has 0 aliphatic rings. The molecule has 0 fully saturated rings. The number of nitrogens with zero attached hydrogens (tertiary/aromatic N) is 1. The molecule has 0 spiro atoms. The van der Waals surface area contributed by atoms with Crippen molar-refractivity contribution in [3.63, 3.8) is 0 Å². The maximum Gasteiger partial charge on any atom is 0.227 e. The second kappa shape index (κ2) is 5.44. The summed E-state index contributed by atoms with van der Waals surface area (Å²) in [5.41, 5.74) is 5.27. The highest BCUT2D eigenvalue weighted by Crippen LogP contribution is 2.24. The standard InChI is InChI=1S/C13H18F2N2O/c1-13(2,8-16)7-12(18)17(3)11-5-4-9(14)6-10(11)15/h4-6H,7-8,16H2,1-3H3. The number of anilines is 1. The molecule has 0 bridgehead atoms. The smallest absolute Gasteiger partial charge is 0.227 e. The molecule has 1 aromatic carbocycles. The first-order chi connectivity index (χ1) is 8.26. The molecular formula is C13H18F2N2O. The molecule has 18 heavy (non-hydrogen) atoms. The summed E-state index contributed by atoms with van der Waals surface area (Å²) >= 11 is 0. The van der Waals surface area contributed by atoms with Gasteiger partial charge in [0.1, 0.15) is 11.6 Å². The Morgan fingerprint density at radius 1 is 1.39 bits per heavy atom. The topological polar surface area (TPSA) is 46.3 Å². The Morgan fingerprint density at radius 3 is 2.50 bits per heavy atom. The predicted octanol–water partition coefficient (Wildman–Crippen LogP) is 2.30. The number of nitrogens with two attached hydrogens (primary N) is 1. The van der Waals surface area contributed by atoms with E-state index in [1.165, 1.54) is 18.0 Å². The van der Waals surface area contributed by atoms with Gasteiger partial charge >= 0.3 is 0 Å². The molecule has 0 unspecified atom stereocenters. The number of rotatable bonds is 4. The molecule has 0 radical (unpaired) electrons. The number of carbonyl (C=O) groups excluding carboxylic acids is 1. The number of hydrogen-bond donors (Lipinski definition) is 1. The first-order valence-corrected chi connectivity index (χ1v) is 5.68. The van der Waals surface area contributed by atoms with Crippen molar-refractivity contribution in [1.82, 2.24) is 0 Å². The molecule has 0 saturated heterocycles. The molecule has 3 nitrogen and oxygen atoms in total. The van der Waals surface area contributed by atoms with E-state index in [-0.39, 0.29) is 23.4 Å². The number of amides is 1. The average Bonchev–Trinajstić information content (AvgIpc) is 2.27. The van der Waals surface area contributed by atoms with Crippen LogP contribution in [-0.4, -0.2) is 19.5 Å². The highest BCUT2D eigenvalue weighted by molar-refractivity contribution is 5.93. The minimum Gasteiger partial charge on any atom is -0.330 e. The van der Waals surface area contributed by atoms with E-state index in [2.05, 4.69) is 0 Å². The largest absolute Gasteiger partial charge is 0.330 e. The minimum absolute atomic E-state index is 0.0641. The van der Waals surface area contributed by atoms with Crippen LogP contribution in [0, 0.1) is 17.0 Å². The number of hydrogen-bond acceptors (Lipinski definition) is 2. The van der Waals surface area contributed by atoms with Gasteiger partial charge in [-0.3, -0.25) is 4.79 Å². The van der Waals surface area contributed by atoms with Crippen molar-refractivity contribution >= 4 is 11.6 Å². The van der Waals surface area contributed by atoms with Gasteiger partial charge in [0.15, 0.2) is 0 Å². The van der Waals surface area contributed by atoms with Gasteiger partial charge in [-0.25, -0.2) is 8.78 Å². The number of benzene rings is 1. The lowest BCUT2D eigenvalue weighted by Crippen LogP contribution is -2.34. The van der Waals surface area contributed by atoms with E-state index in [1.807, 2.05) is 13.8 Å². The van der Waals surface area contributed by atoms with E-state index < -0.39 is 11.6 Å². The summed E-state index contributed by atoms with van der Waals surface area (Å²) < 4.78 is 26.3. The van der Waals surface area contributed by atoms with E-state index in [0.29, 0.717) is 6.54 Å². The Bertz CT molecular complexity index is 447. The van der Waals surface area contributed by atoms with Crippen LogP contribution in [0.3, 0.4) is 0 Å². The lowest BCUT2D eigenvalue weighted by atomic mass is 9.89. The van der Waals surface area contributed by atoms with Crippen LogP contribution in [-0.2, 0) is 4.79 Å². The van der Waals surface area contributed by atoms with Gasteiger partial charge in [0.2, 0.25) is 5.91 Å². The van der Waals surface area contributed by atoms with Gasteiger partial charge in [-0.1, -0.05) is 13.8 Å². The normalized spacial score (nSPS) is 11.4. The second-order valence-corrected chi connectivity index (χ2v) is 5.09. The average molecular weight is 256 g/mol. The lowest BCUT2D eigenvalue weighted by molar-refractivity contribution is -0.120. The Balaban J connectivity index is 2.87. The van der Waals surface area contributed by atoms with Crippen molar-refractivity contribution in [1.29, 1.82) is 0 Å². The van der Waals surface area contributed by atoms with E-state index in [9.17, 15) is 13.6 Å². The molecule has 0 aliphatic heterocycles. The fourth-order valence-electron chi connectivity index (χ4n) is 1.49. The molecule has 2 N–H and O–H groups in total. The summed E-state index contributed by atoms with van der Waals surface area (Å²) in [7, 11) is 1.46. The molecule has 1 rings (SSSR count). The van der Waals surface area contributed by atoms with Crippen molar-refractivity contribution < 1.29 is 13.6 Å². The van der Waals surface area contributed by atoms with Crippen molar-refractivity contribution in [2.75, 3.05) is 18.5 Å². The van der Waals surface area contributed by atoms with E-state index in [1.54, 1.807) is 0 Å². The Morgan fingerprint density at radius 2 is 2.00 bits per heavy atom. The van der Waals surface area contributed by atoms with Gasteiger partial charge in [0.25, 0.3) is 0 Å². The van der Waals surface area contributed by atoms with Crippen LogP contribution in [0.5, 0.6) is 0 Å². The molecule has 0 heterocycles. The summed E-state index contributed by atoms with van der Waals surface area (Å²) in [5.74, 6) is -1.67. The monoisotopic (exact) mass is 256 g/mol. The molecular weight excluding hydrogens is 238 g/mol. The molecule has 0 aromatic heterocycles. The van der Waals surface area contributed by atoms with Crippen LogP contribution in [0.4, 0.5) is 14.5 Å². The zero-order valence-corrected chi connectivity index (χ0v) is 10.8. The summed E-state index contributed by atoms with van der Waals surface area (Å²) in [5, 5.41) is 0. The Labute approximate surface area is 106 Å². The van der Waals surface area contributed by atoms with Crippen molar-refractivity contribution in [2.45, 2.75) is 20.3 Å². The molecule has 5 heteroatoms.